The number of carbonyl (C=O) groups is 1. The molecule has 0 fully saturated rings. The lowest BCUT2D eigenvalue weighted by atomic mass is 10.2. The molecule has 1 amide bonds. The number of nitrogens with one attached hydrogen (secondary N) is 1. The van der Waals surface area contributed by atoms with Gasteiger partial charge in [0.2, 0.25) is 0 Å². The van der Waals surface area contributed by atoms with E-state index >= 15 is 0 Å². The number of hydrogen-bond donors (Lipinski definition) is 2. The molecule has 0 aliphatic heterocycles. The van der Waals surface area contributed by atoms with E-state index in [1.165, 1.54) is 18.2 Å². The standard InChI is InChI=1S/C14H12ClNO3/c15-12-8-11(6-7-13(12)17)14(18)16-19-9-10-4-2-1-3-5-10/h1-8,17H,9H2,(H,16,18). The zero-order valence-corrected chi connectivity index (χ0v) is 10.7. The van der Waals surface area contributed by atoms with Gasteiger partial charge in [-0.3, -0.25) is 9.63 Å². The van der Waals surface area contributed by atoms with E-state index in [-0.39, 0.29) is 17.4 Å². The molecule has 19 heavy (non-hydrogen) atoms. The lowest BCUT2D eigenvalue weighted by Gasteiger charge is -2.06. The van der Waals surface area contributed by atoms with E-state index in [1.807, 2.05) is 30.3 Å². The second-order valence-corrected chi connectivity index (χ2v) is 4.28. The average Bonchev–Trinajstić information content (AvgIpc) is 2.43. The molecule has 0 aliphatic carbocycles. The maximum atomic E-state index is 11.7. The number of halogens is 1. The zero-order valence-electron chi connectivity index (χ0n) is 9.97. The molecular formula is C14H12ClNO3. The van der Waals surface area contributed by atoms with Crippen molar-refractivity contribution in [3.05, 3.63) is 64.7 Å². The molecule has 0 heterocycles. The third-order valence-electron chi connectivity index (χ3n) is 2.46. The van der Waals surface area contributed by atoms with Gasteiger partial charge in [0.25, 0.3) is 5.91 Å². The summed E-state index contributed by atoms with van der Waals surface area (Å²) >= 11 is 5.72. The smallest absolute Gasteiger partial charge is 0.274 e. The number of hydroxylamine groups is 1. The Morgan fingerprint density at radius 3 is 2.63 bits per heavy atom. The van der Waals surface area contributed by atoms with Gasteiger partial charge in [-0.1, -0.05) is 41.9 Å². The molecule has 0 atom stereocenters. The minimum absolute atomic E-state index is 0.0663. The van der Waals surface area contributed by atoms with Gasteiger partial charge >= 0.3 is 0 Å². The number of carbonyl (C=O) groups excluding carboxylic acids is 1. The molecule has 0 spiro atoms. The fraction of sp³-hybridized carbons (Fsp3) is 0.0714. The topological polar surface area (TPSA) is 58.6 Å². The highest BCUT2D eigenvalue weighted by Crippen LogP contribution is 2.23. The summed E-state index contributed by atoms with van der Waals surface area (Å²) in [6.07, 6.45) is 0. The van der Waals surface area contributed by atoms with Crippen LogP contribution in [0.15, 0.2) is 48.5 Å². The Kier molecular flexibility index (Phi) is 4.39. The molecule has 98 valence electrons. The highest BCUT2D eigenvalue weighted by atomic mass is 35.5. The van der Waals surface area contributed by atoms with Gasteiger partial charge in [-0.15, -0.1) is 0 Å². The first-order chi connectivity index (χ1) is 9.16. The van der Waals surface area contributed by atoms with E-state index < -0.39 is 5.91 Å². The Morgan fingerprint density at radius 1 is 1.21 bits per heavy atom. The highest BCUT2D eigenvalue weighted by Gasteiger charge is 2.08. The van der Waals surface area contributed by atoms with Gasteiger partial charge in [0, 0.05) is 5.56 Å². The third-order valence-corrected chi connectivity index (χ3v) is 2.76. The van der Waals surface area contributed by atoms with Crippen LogP contribution in [0, 0.1) is 0 Å². The van der Waals surface area contributed by atoms with Crippen LogP contribution in [0.25, 0.3) is 0 Å². The molecule has 2 aromatic carbocycles. The summed E-state index contributed by atoms with van der Waals surface area (Å²) in [5, 5.41) is 9.38. The van der Waals surface area contributed by atoms with Gasteiger partial charge in [-0.05, 0) is 23.8 Å². The first-order valence-electron chi connectivity index (χ1n) is 5.61. The van der Waals surface area contributed by atoms with Crippen molar-refractivity contribution in [2.45, 2.75) is 6.61 Å². The van der Waals surface area contributed by atoms with Crippen molar-refractivity contribution in [1.82, 2.24) is 5.48 Å². The van der Waals surface area contributed by atoms with Gasteiger partial charge in [0.1, 0.15) is 5.75 Å². The predicted molar refractivity (Wildman–Crippen MR) is 71.8 cm³/mol. The summed E-state index contributed by atoms with van der Waals surface area (Å²) in [5.41, 5.74) is 3.58. The third kappa shape index (κ3) is 3.71. The molecule has 0 aliphatic rings. The molecule has 0 aromatic heterocycles. The number of phenols is 1. The molecule has 2 aromatic rings. The van der Waals surface area contributed by atoms with E-state index in [0.717, 1.165) is 5.56 Å². The highest BCUT2D eigenvalue weighted by molar-refractivity contribution is 6.32. The molecule has 0 saturated carbocycles. The Morgan fingerprint density at radius 2 is 1.95 bits per heavy atom. The molecule has 2 N–H and O–H groups in total. The van der Waals surface area contributed by atoms with Gasteiger partial charge in [-0.25, -0.2) is 5.48 Å². The number of phenolic OH excluding ortho intramolecular Hbond substituents is 1. The maximum absolute atomic E-state index is 11.7. The first kappa shape index (κ1) is 13.4. The van der Waals surface area contributed by atoms with Crippen molar-refractivity contribution in [3.8, 4) is 5.75 Å². The van der Waals surface area contributed by atoms with Crippen LogP contribution in [0.2, 0.25) is 5.02 Å². The number of aromatic hydroxyl groups is 1. The molecule has 2 rings (SSSR count). The Bertz CT molecular complexity index is 572. The second kappa shape index (κ2) is 6.22. The Hall–Kier alpha value is -2.04. The van der Waals surface area contributed by atoms with Crippen LogP contribution in [0.1, 0.15) is 15.9 Å². The van der Waals surface area contributed by atoms with Crippen molar-refractivity contribution in [1.29, 1.82) is 0 Å². The summed E-state index contributed by atoms with van der Waals surface area (Å²) in [4.78, 5) is 16.8. The summed E-state index contributed by atoms with van der Waals surface area (Å²) in [6, 6.07) is 13.7. The van der Waals surface area contributed by atoms with E-state index in [9.17, 15) is 9.90 Å². The Balaban J connectivity index is 1.89. The van der Waals surface area contributed by atoms with Crippen LogP contribution in [0.5, 0.6) is 5.75 Å². The van der Waals surface area contributed by atoms with Gasteiger partial charge in [-0.2, -0.15) is 0 Å². The van der Waals surface area contributed by atoms with E-state index in [4.69, 9.17) is 16.4 Å². The predicted octanol–water partition coefficient (Wildman–Crippen LogP) is 2.91. The molecule has 5 heteroatoms. The summed E-state index contributed by atoms with van der Waals surface area (Å²) in [7, 11) is 0. The number of hydrogen-bond acceptors (Lipinski definition) is 3. The van der Waals surface area contributed by atoms with E-state index in [0.29, 0.717) is 5.56 Å². The normalized spacial score (nSPS) is 10.2. The molecule has 0 unspecified atom stereocenters. The number of amides is 1. The quantitative estimate of drug-likeness (QED) is 0.845. The monoisotopic (exact) mass is 277 g/mol. The number of rotatable bonds is 4. The minimum Gasteiger partial charge on any atom is -0.506 e. The van der Waals surface area contributed by atoms with Crippen molar-refractivity contribution >= 4 is 17.5 Å². The van der Waals surface area contributed by atoms with Crippen molar-refractivity contribution in [3.63, 3.8) is 0 Å². The fourth-order valence-corrected chi connectivity index (χ4v) is 1.65. The maximum Gasteiger partial charge on any atom is 0.274 e. The SMILES string of the molecule is O=C(NOCc1ccccc1)c1ccc(O)c(Cl)c1. The summed E-state index contributed by atoms with van der Waals surface area (Å²) in [6.45, 7) is 0.276. The van der Waals surface area contributed by atoms with Gasteiger partial charge in [0.15, 0.2) is 0 Å². The van der Waals surface area contributed by atoms with E-state index in [1.54, 1.807) is 0 Å². The van der Waals surface area contributed by atoms with Crippen LogP contribution in [-0.2, 0) is 11.4 Å². The van der Waals surface area contributed by atoms with Gasteiger partial charge in [0.05, 0.1) is 11.6 Å². The van der Waals surface area contributed by atoms with Crippen molar-refractivity contribution < 1.29 is 14.7 Å². The lowest BCUT2D eigenvalue weighted by molar-refractivity contribution is 0.0233. The summed E-state index contributed by atoms with van der Waals surface area (Å²) < 4.78 is 0. The van der Waals surface area contributed by atoms with Crippen LogP contribution in [0.3, 0.4) is 0 Å². The average molecular weight is 278 g/mol. The lowest BCUT2D eigenvalue weighted by Crippen LogP contribution is -2.23. The van der Waals surface area contributed by atoms with Crippen molar-refractivity contribution in [2.24, 2.45) is 0 Å². The van der Waals surface area contributed by atoms with Crippen LogP contribution < -0.4 is 5.48 Å². The van der Waals surface area contributed by atoms with Crippen LogP contribution in [-0.4, -0.2) is 11.0 Å². The largest absolute Gasteiger partial charge is 0.506 e. The zero-order chi connectivity index (χ0) is 13.7. The first-order valence-corrected chi connectivity index (χ1v) is 5.99. The molecule has 0 saturated heterocycles. The molecule has 0 radical (unpaired) electrons. The minimum atomic E-state index is -0.419. The fourth-order valence-electron chi connectivity index (χ4n) is 1.47. The van der Waals surface area contributed by atoms with Gasteiger partial charge < -0.3 is 5.11 Å². The molecule has 0 bridgehead atoms. The second-order valence-electron chi connectivity index (χ2n) is 3.87. The van der Waals surface area contributed by atoms with Crippen LogP contribution >= 0.6 is 11.6 Å². The molecular weight excluding hydrogens is 266 g/mol. The van der Waals surface area contributed by atoms with Crippen LogP contribution in [0.4, 0.5) is 0 Å². The number of benzene rings is 2. The molecule has 4 nitrogen and oxygen atoms in total. The van der Waals surface area contributed by atoms with E-state index in [2.05, 4.69) is 5.48 Å². The summed E-state index contributed by atoms with van der Waals surface area (Å²) in [5.74, 6) is -0.485. The van der Waals surface area contributed by atoms with Crippen molar-refractivity contribution in [2.75, 3.05) is 0 Å². The Labute approximate surface area is 115 Å².